The highest BCUT2D eigenvalue weighted by molar-refractivity contribution is 6.46. The van der Waals surface area contributed by atoms with Crippen molar-refractivity contribution in [1.29, 1.82) is 0 Å². The van der Waals surface area contributed by atoms with Crippen LogP contribution < -0.4 is 4.74 Å². The first-order chi connectivity index (χ1) is 18.9. The Morgan fingerprint density at radius 1 is 1.00 bits per heavy atom. The van der Waals surface area contributed by atoms with Crippen LogP contribution in [0.1, 0.15) is 28.3 Å². The number of ether oxygens (including phenoxy) is 2. The molecule has 3 aromatic carbocycles. The van der Waals surface area contributed by atoms with Crippen LogP contribution in [-0.4, -0.2) is 66.0 Å². The van der Waals surface area contributed by atoms with Gasteiger partial charge in [0.1, 0.15) is 23.9 Å². The van der Waals surface area contributed by atoms with Crippen molar-refractivity contribution in [3.8, 4) is 5.75 Å². The van der Waals surface area contributed by atoms with E-state index in [1.54, 1.807) is 42.5 Å². The summed E-state index contributed by atoms with van der Waals surface area (Å²) < 4.78 is 26.3. The smallest absolute Gasteiger partial charge is 0.295 e. The zero-order valence-electron chi connectivity index (χ0n) is 21.8. The van der Waals surface area contributed by atoms with Crippen LogP contribution in [0.3, 0.4) is 0 Å². The fourth-order valence-corrected chi connectivity index (χ4v) is 5.04. The summed E-state index contributed by atoms with van der Waals surface area (Å²) in [7, 11) is 0. The summed E-state index contributed by atoms with van der Waals surface area (Å²) in [5.41, 5.74) is 2.55. The molecule has 0 unspecified atom stereocenters. The van der Waals surface area contributed by atoms with E-state index in [1.807, 2.05) is 31.2 Å². The van der Waals surface area contributed by atoms with E-state index in [0.29, 0.717) is 50.8 Å². The van der Waals surface area contributed by atoms with Gasteiger partial charge in [-0.15, -0.1) is 0 Å². The second-order valence-corrected chi connectivity index (χ2v) is 9.77. The summed E-state index contributed by atoms with van der Waals surface area (Å²) in [4.78, 5) is 29.9. The van der Waals surface area contributed by atoms with Crippen molar-refractivity contribution in [3.05, 3.63) is 106 Å². The number of aliphatic hydroxyl groups excluding tert-OH is 1. The lowest BCUT2D eigenvalue weighted by Crippen LogP contribution is -2.42. The number of nitrogens with zero attached hydrogens (tertiary/aromatic N) is 2. The van der Waals surface area contributed by atoms with E-state index >= 15 is 4.39 Å². The Morgan fingerprint density at radius 2 is 1.74 bits per heavy atom. The third-order valence-electron chi connectivity index (χ3n) is 7.12. The summed E-state index contributed by atoms with van der Waals surface area (Å²) in [5, 5.41) is 11.3. The number of benzene rings is 3. The van der Waals surface area contributed by atoms with Crippen LogP contribution in [0.5, 0.6) is 5.75 Å². The van der Waals surface area contributed by atoms with Crippen LogP contribution in [0.4, 0.5) is 4.39 Å². The normalized spacial score (nSPS) is 19.4. The minimum Gasteiger partial charge on any atom is -0.507 e. The molecular weight excluding hydrogens is 499 g/mol. The minimum atomic E-state index is -1.04. The Balaban J connectivity index is 1.42. The molecule has 3 aromatic rings. The van der Waals surface area contributed by atoms with Gasteiger partial charge >= 0.3 is 0 Å². The number of carbonyl (C=O) groups excluding carboxylic acids is 2. The maximum Gasteiger partial charge on any atom is 0.295 e. The van der Waals surface area contributed by atoms with E-state index in [2.05, 4.69) is 4.90 Å². The number of ketones is 1. The quantitative estimate of drug-likeness (QED) is 0.263. The summed E-state index contributed by atoms with van der Waals surface area (Å²) in [5.74, 6) is -1.89. The topological polar surface area (TPSA) is 79.3 Å². The molecule has 1 amide bonds. The zero-order chi connectivity index (χ0) is 27.4. The highest BCUT2D eigenvalue weighted by Gasteiger charge is 2.46. The van der Waals surface area contributed by atoms with Crippen LogP contribution in [-0.2, 0) is 20.9 Å². The van der Waals surface area contributed by atoms with Gasteiger partial charge < -0.3 is 19.5 Å². The van der Waals surface area contributed by atoms with Gasteiger partial charge in [0.25, 0.3) is 11.7 Å². The van der Waals surface area contributed by atoms with E-state index in [-0.39, 0.29) is 23.4 Å². The van der Waals surface area contributed by atoms with Crippen molar-refractivity contribution >= 4 is 17.4 Å². The Morgan fingerprint density at radius 3 is 2.46 bits per heavy atom. The van der Waals surface area contributed by atoms with E-state index < -0.39 is 23.5 Å². The molecule has 2 heterocycles. The van der Waals surface area contributed by atoms with Crippen molar-refractivity contribution < 1.29 is 28.6 Å². The third kappa shape index (κ3) is 5.87. The Kier molecular flexibility index (Phi) is 8.05. The number of aliphatic hydroxyl groups is 1. The number of morpholine rings is 1. The van der Waals surface area contributed by atoms with E-state index in [1.165, 1.54) is 11.0 Å². The zero-order valence-corrected chi connectivity index (χ0v) is 21.8. The molecule has 7 nitrogen and oxygen atoms in total. The molecule has 1 atom stereocenters. The second-order valence-electron chi connectivity index (χ2n) is 9.77. The fourth-order valence-electron chi connectivity index (χ4n) is 5.04. The molecule has 2 fully saturated rings. The van der Waals surface area contributed by atoms with E-state index in [4.69, 9.17) is 9.47 Å². The van der Waals surface area contributed by atoms with Crippen molar-refractivity contribution in [2.45, 2.75) is 19.6 Å². The van der Waals surface area contributed by atoms with Crippen LogP contribution in [0.2, 0.25) is 0 Å². The Hall–Kier alpha value is -4.01. The first-order valence-corrected chi connectivity index (χ1v) is 13.0. The fraction of sp³-hybridized carbons (Fsp3) is 0.290. The molecule has 0 aliphatic carbocycles. The van der Waals surface area contributed by atoms with Crippen LogP contribution in [0.25, 0.3) is 5.76 Å². The van der Waals surface area contributed by atoms with Gasteiger partial charge in [-0.2, -0.15) is 0 Å². The lowest BCUT2D eigenvalue weighted by atomic mass is 9.95. The summed E-state index contributed by atoms with van der Waals surface area (Å²) in [6.07, 6.45) is 0. The molecule has 202 valence electrons. The molecule has 2 aliphatic heterocycles. The molecule has 0 radical (unpaired) electrons. The monoisotopic (exact) mass is 530 g/mol. The maximum atomic E-state index is 15.0. The number of aryl methyl sites for hydroxylation is 1. The maximum absolute atomic E-state index is 15.0. The van der Waals surface area contributed by atoms with Crippen molar-refractivity contribution in [1.82, 2.24) is 9.80 Å². The van der Waals surface area contributed by atoms with Crippen LogP contribution >= 0.6 is 0 Å². The SMILES string of the molecule is Cc1cccc(COc2ccc(/C(O)=C3\C(=O)C(=O)N(CCN4CCOCC4)[C@@H]3c3ccccc3F)cc2)c1. The van der Waals surface area contributed by atoms with Crippen molar-refractivity contribution in [2.24, 2.45) is 0 Å². The average molecular weight is 531 g/mol. The van der Waals surface area contributed by atoms with Gasteiger partial charge in [-0.05, 0) is 42.8 Å². The molecule has 0 aromatic heterocycles. The first kappa shape index (κ1) is 26.6. The molecule has 8 heteroatoms. The van der Waals surface area contributed by atoms with E-state index in [9.17, 15) is 14.7 Å². The number of Topliss-reactive ketones (excluding diaryl/α,β-unsaturated/α-hetero) is 1. The Labute approximate surface area is 227 Å². The lowest BCUT2D eigenvalue weighted by Gasteiger charge is -2.31. The standard InChI is InChI=1S/C31H31FN2O5/c1-21-5-4-6-22(19-21)20-39-24-11-9-23(10-12-24)29(35)27-28(25-7-2-3-8-26(25)32)34(31(37)30(27)36)14-13-33-15-17-38-18-16-33/h2-12,19,28,35H,13-18,20H2,1H3/b29-27+/t28-/m1/s1. The number of likely N-dealkylation sites (tertiary alicyclic amines) is 1. The summed E-state index contributed by atoms with van der Waals surface area (Å²) in [6.45, 7) is 5.75. The lowest BCUT2D eigenvalue weighted by molar-refractivity contribution is -0.140. The van der Waals surface area contributed by atoms with Gasteiger partial charge in [-0.3, -0.25) is 14.5 Å². The van der Waals surface area contributed by atoms with Gasteiger partial charge in [-0.25, -0.2) is 4.39 Å². The summed E-state index contributed by atoms with van der Waals surface area (Å²) in [6, 6.07) is 19.6. The highest BCUT2D eigenvalue weighted by atomic mass is 19.1. The molecular formula is C31H31FN2O5. The number of amides is 1. The number of carbonyl (C=O) groups is 2. The third-order valence-corrected chi connectivity index (χ3v) is 7.12. The number of halogens is 1. The van der Waals surface area contributed by atoms with Crippen molar-refractivity contribution in [3.63, 3.8) is 0 Å². The number of hydrogen-bond donors (Lipinski definition) is 1. The predicted molar refractivity (Wildman–Crippen MR) is 145 cm³/mol. The van der Waals surface area contributed by atoms with E-state index in [0.717, 1.165) is 11.1 Å². The molecule has 1 N–H and O–H groups in total. The van der Waals surface area contributed by atoms with Gasteiger partial charge in [0.15, 0.2) is 0 Å². The molecule has 5 rings (SSSR count). The van der Waals surface area contributed by atoms with Crippen LogP contribution in [0, 0.1) is 12.7 Å². The Bertz CT molecular complexity index is 1380. The predicted octanol–water partition coefficient (Wildman–Crippen LogP) is 4.47. The van der Waals surface area contributed by atoms with Crippen molar-refractivity contribution in [2.75, 3.05) is 39.4 Å². The molecule has 39 heavy (non-hydrogen) atoms. The average Bonchev–Trinajstić information content (AvgIpc) is 3.20. The molecule has 2 saturated heterocycles. The minimum absolute atomic E-state index is 0.125. The molecule has 2 aliphatic rings. The number of hydrogen-bond acceptors (Lipinski definition) is 6. The highest BCUT2D eigenvalue weighted by Crippen LogP contribution is 2.40. The van der Waals surface area contributed by atoms with Gasteiger partial charge in [-0.1, -0.05) is 48.0 Å². The van der Waals surface area contributed by atoms with Gasteiger partial charge in [0.2, 0.25) is 0 Å². The number of rotatable bonds is 8. The summed E-state index contributed by atoms with van der Waals surface area (Å²) >= 11 is 0. The van der Waals surface area contributed by atoms with Gasteiger partial charge in [0.05, 0.1) is 24.8 Å². The molecule has 0 spiro atoms. The second kappa shape index (κ2) is 11.8. The van der Waals surface area contributed by atoms with Gasteiger partial charge in [0, 0.05) is 37.3 Å². The molecule has 0 bridgehead atoms. The first-order valence-electron chi connectivity index (χ1n) is 13.0. The van der Waals surface area contributed by atoms with Crippen LogP contribution in [0.15, 0.2) is 78.4 Å². The molecule has 0 saturated carbocycles. The largest absolute Gasteiger partial charge is 0.507 e.